The molecule has 2 aromatic carbocycles. The summed E-state index contributed by atoms with van der Waals surface area (Å²) in [6.45, 7) is 16.4. The maximum absolute atomic E-state index is 2.89. The van der Waals surface area contributed by atoms with Gasteiger partial charge >= 0.3 is 218 Å². The number of fused-ring (bicyclic) bond motifs is 3. The summed E-state index contributed by atoms with van der Waals surface area (Å²) in [5.74, 6) is 0. The Morgan fingerprint density at radius 2 is 1.26 bits per heavy atom. The van der Waals surface area contributed by atoms with Crippen LogP contribution in [0.3, 0.4) is 0 Å². The van der Waals surface area contributed by atoms with Gasteiger partial charge in [0.25, 0.3) is 0 Å². The van der Waals surface area contributed by atoms with Crippen LogP contribution in [-0.2, 0) is 31.8 Å². The molecular weight excluding hydrogens is 575 g/mol. The Morgan fingerprint density at radius 1 is 0.735 bits per heavy atom. The first-order valence-electron chi connectivity index (χ1n) is 13.5. The van der Waals surface area contributed by atoms with Crippen LogP contribution >= 0.6 is 0 Å². The van der Waals surface area contributed by atoms with Gasteiger partial charge in [0.15, 0.2) is 0 Å². The summed E-state index contributed by atoms with van der Waals surface area (Å²) in [7, 11) is 0. The average molecular weight is 619 g/mol. The first-order chi connectivity index (χ1) is 16.1. The van der Waals surface area contributed by atoms with Gasteiger partial charge in [-0.05, 0) is 0 Å². The summed E-state index contributed by atoms with van der Waals surface area (Å²) in [6.07, 6.45) is 16.4. The zero-order valence-electron chi connectivity index (χ0n) is 22.5. The molecule has 0 saturated heterocycles. The van der Waals surface area contributed by atoms with Crippen molar-refractivity contribution in [3.63, 3.8) is 0 Å². The molecule has 0 spiro atoms. The molecule has 0 aliphatic heterocycles. The number of unbranched alkanes of at least 4 members (excludes halogenated alkanes) is 4. The monoisotopic (exact) mass is 620 g/mol. The molecule has 4 rings (SSSR count). The van der Waals surface area contributed by atoms with E-state index in [0.29, 0.717) is 7.35 Å². The molecule has 0 fully saturated rings. The number of hydrogen-bond acceptors (Lipinski definition) is 0. The van der Waals surface area contributed by atoms with Crippen LogP contribution in [0.25, 0.3) is 11.1 Å². The Hall–Kier alpha value is -1.34. The van der Waals surface area contributed by atoms with Crippen LogP contribution in [0.2, 0.25) is 3.67 Å². The summed E-state index contributed by atoms with van der Waals surface area (Å²) < 4.78 is 4.21. The third kappa shape index (κ3) is 5.40. The zero-order valence-corrected chi connectivity index (χ0v) is 26.1. The molecule has 0 amide bonds. The standard InChI is InChI=1S/C21H25.C7H14.C5H5.Hf/c1-20(2,3)16-7-9-18-14(12-16)11-15-13-17(21(4,5)6)8-10-19(15)18;1-3-5-7-6-4-2;1-2-4-5-3-1;/h7-13H,1-6H3;1H,3-7H2,2H3;1-5H;. The van der Waals surface area contributed by atoms with Gasteiger partial charge in [-0.25, -0.2) is 0 Å². The number of hydrogen-bond donors (Lipinski definition) is 0. The second-order valence-electron chi connectivity index (χ2n) is 12.4. The number of allylic oxidation sites excluding steroid dienone is 4. The Morgan fingerprint density at radius 3 is 1.74 bits per heavy atom. The fraction of sp³-hybridized carbons (Fsp3) is 0.485. The van der Waals surface area contributed by atoms with Gasteiger partial charge in [0.1, 0.15) is 0 Å². The molecule has 0 unspecified atom stereocenters. The third-order valence-electron chi connectivity index (χ3n) is 7.65. The van der Waals surface area contributed by atoms with Gasteiger partial charge in [0.2, 0.25) is 0 Å². The Labute approximate surface area is 216 Å². The molecule has 0 nitrogen and oxygen atoms in total. The van der Waals surface area contributed by atoms with E-state index < -0.39 is 21.0 Å². The summed E-state index contributed by atoms with van der Waals surface area (Å²) >= 11 is -2.27. The fourth-order valence-corrected chi connectivity index (χ4v) is 17.3. The van der Waals surface area contributed by atoms with Gasteiger partial charge in [-0.2, -0.15) is 0 Å². The van der Waals surface area contributed by atoms with Gasteiger partial charge in [-0.1, -0.05) is 0 Å². The van der Waals surface area contributed by atoms with Crippen LogP contribution in [-0.4, -0.2) is 3.76 Å². The molecule has 0 bridgehead atoms. The van der Waals surface area contributed by atoms with E-state index in [2.05, 4.69) is 113 Å². The number of benzene rings is 2. The zero-order chi connectivity index (χ0) is 24.5. The molecule has 0 heterocycles. The molecule has 0 N–H and O–H groups in total. The Bertz CT molecular complexity index is 1040. The predicted molar refractivity (Wildman–Crippen MR) is 148 cm³/mol. The van der Waals surface area contributed by atoms with Gasteiger partial charge in [0.05, 0.1) is 0 Å². The average Bonchev–Trinajstić information content (AvgIpc) is 3.41. The van der Waals surface area contributed by atoms with E-state index in [1.807, 2.05) is 0 Å². The SMILES string of the molecule is CCCCCC[CH]=[Hf]([CH]1C=CC=C1)[CH]1c2cc(C(C)(C)C)ccc2-c2ccc(C(C)(C)C)cc21. The van der Waals surface area contributed by atoms with Crippen molar-refractivity contribution >= 4 is 3.76 Å². The van der Waals surface area contributed by atoms with E-state index in [-0.39, 0.29) is 10.8 Å². The molecule has 2 aliphatic rings. The van der Waals surface area contributed by atoms with Crippen molar-refractivity contribution in [1.29, 1.82) is 0 Å². The second kappa shape index (κ2) is 10.3. The van der Waals surface area contributed by atoms with Crippen molar-refractivity contribution < 1.29 is 21.0 Å². The first-order valence-corrected chi connectivity index (χ1v) is 19.7. The molecular formula is C33H44Hf. The van der Waals surface area contributed by atoms with Gasteiger partial charge < -0.3 is 0 Å². The predicted octanol–water partition coefficient (Wildman–Crippen LogP) is 9.66. The fourth-order valence-electron chi connectivity index (χ4n) is 5.49. The minimum absolute atomic E-state index is 0.174. The van der Waals surface area contributed by atoms with Crippen molar-refractivity contribution in [2.45, 2.75) is 98.7 Å². The summed E-state index contributed by atoms with van der Waals surface area (Å²) in [6, 6.07) is 14.8. The molecule has 0 saturated carbocycles. The van der Waals surface area contributed by atoms with Crippen LogP contribution in [0.4, 0.5) is 0 Å². The first kappa shape index (κ1) is 25.7. The quantitative estimate of drug-likeness (QED) is 0.214. The molecule has 2 aliphatic carbocycles. The van der Waals surface area contributed by atoms with E-state index in [0.717, 1.165) is 0 Å². The van der Waals surface area contributed by atoms with Crippen LogP contribution < -0.4 is 0 Å². The van der Waals surface area contributed by atoms with Crippen molar-refractivity contribution in [2.75, 3.05) is 0 Å². The molecule has 180 valence electrons. The molecule has 0 aromatic heterocycles. The van der Waals surface area contributed by atoms with E-state index in [4.69, 9.17) is 0 Å². The van der Waals surface area contributed by atoms with Gasteiger partial charge in [-0.3, -0.25) is 0 Å². The van der Waals surface area contributed by atoms with Crippen LogP contribution in [0.1, 0.15) is 106 Å². The summed E-state index contributed by atoms with van der Waals surface area (Å²) in [5, 5.41) is 0. The molecule has 0 atom stereocenters. The van der Waals surface area contributed by atoms with E-state index >= 15 is 0 Å². The summed E-state index contributed by atoms with van der Waals surface area (Å²) in [4.78, 5) is 0. The Kier molecular flexibility index (Phi) is 7.83. The van der Waals surface area contributed by atoms with Crippen LogP contribution in [0, 0.1) is 0 Å². The minimum atomic E-state index is -2.27. The van der Waals surface area contributed by atoms with Crippen molar-refractivity contribution in [3.05, 3.63) is 83.0 Å². The Balaban J connectivity index is 1.87. The van der Waals surface area contributed by atoms with Gasteiger partial charge in [-0.15, -0.1) is 0 Å². The van der Waals surface area contributed by atoms with Crippen molar-refractivity contribution in [1.82, 2.24) is 0 Å². The van der Waals surface area contributed by atoms with E-state index in [1.165, 1.54) is 54.4 Å². The molecule has 0 radical (unpaired) electrons. The van der Waals surface area contributed by atoms with Crippen molar-refractivity contribution in [3.8, 4) is 11.1 Å². The normalized spacial score (nSPS) is 16.4. The molecule has 2 aromatic rings. The van der Waals surface area contributed by atoms with E-state index in [9.17, 15) is 0 Å². The topological polar surface area (TPSA) is 0 Å². The third-order valence-corrected chi connectivity index (χ3v) is 19.2. The van der Waals surface area contributed by atoms with E-state index in [1.54, 1.807) is 11.1 Å². The van der Waals surface area contributed by atoms with Crippen LogP contribution in [0.15, 0.2) is 60.7 Å². The maximum atomic E-state index is 2.89. The van der Waals surface area contributed by atoms with Crippen molar-refractivity contribution in [2.24, 2.45) is 0 Å². The van der Waals surface area contributed by atoms with Gasteiger partial charge in [0, 0.05) is 0 Å². The number of rotatable bonds is 7. The second-order valence-corrected chi connectivity index (χ2v) is 21.9. The summed E-state index contributed by atoms with van der Waals surface area (Å²) in [5.41, 5.74) is 9.57. The molecule has 1 heteroatoms. The van der Waals surface area contributed by atoms with Crippen LogP contribution in [0.5, 0.6) is 0 Å². The molecule has 34 heavy (non-hydrogen) atoms.